The van der Waals surface area contributed by atoms with Crippen molar-refractivity contribution in [1.29, 1.82) is 0 Å². The van der Waals surface area contributed by atoms with E-state index >= 15 is 0 Å². The first-order valence-electron chi connectivity index (χ1n) is 6.15. The molecule has 0 aliphatic carbocycles. The summed E-state index contributed by atoms with van der Waals surface area (Å²) in [6.07, 6.45) is 2.14. The molecule has 0 aromatic carbocycles. The van der Waals surface area contributed by atoms with Crippen LogP contribution >= 0.6 is 0 Å². The van der Waals surface area contributed by atoms with Gasteiger partial charge in [0.1, 0.15) is 0 Å². The Bertz CT molecular complexity index is 545. The van der Waals surface area contributed by atoms with Crippen LogP contribution in [0.2, 0.25) is 0 Å². The monoisotopic (exact) mass is 283 g/mol. The zero-order chi connectivity index (χ0) is 13.9. The minimum atomic E-state index is -2.98. The predicted octanol–water partition coefficient (Wildman–Crippen LogP) is 0.629. The van der Waals surface area contributed by atoms with Gasteiger partial charge >= 0.3 is 6.03 Å². The molecule has 1 aromatic rings. The van der Waals surface area contributed by atoms with Gasteiger partial charge < -0.3 is 10.6 Å². The van der Waals surface area contributed by atoms with Gasteiger partial charge in [0.2, 0.25) is 0 Å². The maximum Gasteiger partial charge on any atom is 0.315 e. The van der Waals surface area contributed by atoms with Crippen molar-refractivity contribution in [2.45, 2.75) is 25.4 Å². The Balaban J connectivity index is 1.85. The SMILES string of the molecule is C[C@@H](NC(=O)N[C@@H]1CCS(=O)(=O)C1)c1ccccn1. The molecule has 0 bridgehead atoms. The van der Waals surface area contributed by atoms with Crippen LogP contribution in [0, 0.1) is 0 Å². The second-order valence-electron chi connectivity index (χ2n) is 4.69. The molecule has 19 heavy (non-hydrogen) atoms. The summed E-state index contributed by atoms with van der Waals surface area (Å²) in [5.74, 6) is 0.173. The highest BCUT2D eigenvalue weighted by atomic mass is 32.2. The zero-order valence-electron chi connectivity index (χ0n) is 10.7. The lowest BCUT2D eigenvalue weighted by Crippen LogP contribution is -2.43. The predicted molar refractivity (Wildman–Crippen MR) is 71.4 cm³/mol. The van der Waals surface area contributed by atoms with E-state index in [4.69, 9.17) is 0 Å². The minimum absolute atomic E-state index is 0.0262. The number of carbonyl (C=O) groups excluding carboxylic acids is 1. The summed E-state index contributed by atoms with van der Waals surface area (Å²) in [5, 5.41) is 5.42. The van der Waals surface area contributed by atoms with Crippen molar-refractivity contribution in [3.05, 3.63) is 30.1 Å². The fourth-order valence-electron chi connectivity index (χ4n) is 2.04. The van der Waals surface area contributed by atoms with Gasteiger partial charge in [-0.1, -0.05) is 6.07 Å². The van der Waals surface area contributed by atoms with Crippen LogP contribution in [0.1, 0.15) is 25.1 Å². The third-order valence-electron chi connectivity index (χ3n) is 3.05. The van der Waals surface area contributed by atoms with Gasteiger partial charge in [0.15, 0.2) is 9.84 Å². The number of urea groups is 1. The number of nitrogens with one attached hydrogen (secondary N) is 2. The lowest BCUT2D eigenvalue weighted by Gasteiger charge is -2.16. The number of hydrogen-bond donors (Lipinski definition) is 2. The first kappa shape index (κ1) is 13.8. The van der Waals surface area contributed by atoms with E-state index in [0.717, 1.165) is 5.69 Å². The quantitative estimate of drug-likeness (QED) is 0.851. The van der Waals surface area contributed by atoms with Gasteiger partial charge in [-0.2, -0.15) is 0 Å². The molecular formula is C12H17N3O3S. The lowest BCUT2D eigenvalue weighted by molar-refractivity contribution is 0.235. The van der Waals surface area contributed by atoms with Crippen LogP contribution in [0.3, 0.4) is 0 Å². The normalized spacial score (nSPS) is 22.7. The topological polar surface area (TPSA) is 88.2 Å². The van der Waals surface area contributed by atoms with Crippen molar-refractivity contribution >= 4 is 15.9 Å². The van der Waals surface area contributed by atoms with Gasteiger partial charge in [-0.05, 0) is 25.5 Å². The number of pyridine rings is 1. The van der Waals surface area contributed by atoms with Crippen molar-refractivity contribution in [3.63, 3.8) is 0 Å². The third kappa shape index (κ3) is 3.92. The van der Waals surface area contributed by atoms with Crippen LogP contribution < -0.4 is 10.6 Å². The molecular weight excluding hydrogens is 266 g/mol. The van der Waals surface area contributed by atoms with Gasteiger partial charge in [-0.3, -0.25) is 4.98 Å². The summed E-state index contributed by atoms with van der Waals surface area (Å²) in [6.45, 7) is 1.83. The Labute approximate surface area is 112 Å². The molecule has 0 spiro atoms. The molecule has 2 rings (SSSR count). The van der Waals surface area contributed by atoms with Crippen LogP contribution in [-0.4, -0.2) is 37.0 Å². The average molecular weight is 283 g/mol. The fourth-order valence-corrected chi connectivity index (χ4v) is 3.71. The fraction of sp³-hybridized carbons (Fsp3) is 0.500. The smallest absolute Gasteiger partial charge is 0.315 e. The highest BCUT2D eigenvalue weighted by Gasteiger charge is 2.29. The van der Waals surface area contributed by atoms with E-state index in [-0.39, 0.29) is 29.6 Å². The Kier molecular flexibility index (Phi) is 4.04. The molecule has 2 heterocycles. The third-order valence-corrected chi connectivity index (χ3v) is 4.81. The summed E-state index contributed by atoms with van der Waals surface area (Å²) in [7, 11) is -2.98. The summed E-state index contributed by atoms with van der Waals surface area (Å²) >= 11 is 0. The highest BCUT2D eigenvalue weighted by molar-refractivity contribution is 7.91. The van der Waals surface area contributed by atoms with Gasteiger partial charge in [0, 0.05) is 12.2 Å². The summed E-state index contributed by atoms with van der Waals surface area (Å²) in [6, 6.07) is 4.60. The molecule has 1 aliphatic heterocycles. The molecule has 6 nitrogen and oxygen atoms in total. The molecule has 0 unspecified atom stereocenters. The van der Waals surface area contributed by atoms with Crippen LogP contribution in [0.15, 0.2) is 24.4 Å². The lowest BCUT2D eigenvalue weighted by atomic mass is 10.2. The number of amides is 2. The van der Waals surface area contributed by atoms with E-state index in [1.165, 1.54) is 0 Å². The number of hydrogen-bond acceptors (Lipinski definition) is 4. The molecule has 1 fully saturated rings. The highest BCUT2D eigenvalue weighted by Crippen LogP contribution is 2.12. The molecule has 2 N–H and O–H groups in total. The van der Waals surface area contributed by atoms with E-state index in [9.17, 15) is 13.2 Å². The van der Waals surface area contributed by atoms with E-state index in [1.54, 1.807) is 12.3 Å². The van der Waals surface area contributed by atoms with E-state index < -0.39 is 9.84 Å². The maximum absolute atomic E-state index is 11.7. The van der Waals surface area contributed by atoms with Crippen LogP contribution in [0.5, 0.6) is 0 Å². The number of sulfone groups is 1. The molecule has 0 saturated carbocycles. The first-order valence-corrected chi connectivity index (χ1v) is 7.97. The van der Waals surface area contributed by atoms with Crippen molar-refractivity contribution in [2.75, 3.05) is 11.5 Å². The number of nitrogens with zero attached hydrogens (tertiary/aromatic N) is 1. The molecule has 0 radical (unpaired) electrons. The second kappa shape index (κ2) is 5.56. The van der Waals surface area contributed by atoms with Gasteiger partial charge in [-0.15, -0.1) is 0 Å². The van der Waals surface area contributed by atoms with Crippen molar-refractivity contribution in [1.82, 2.24) is 15.6 Å². The van der Waals surface area contributed by atoms with E-state index in [2.05, 4.69) is 15.6 Å². The van der Waals surface area contributed by atoms with Crippen LogP contribution in [0.25, 0.3) is 0 Å². The van der Waals surface area contributed by atoms with Gasteiger partial charge in [-0.25, -0.2) is 13.2 Å². The van der Waals surface area contributed by atoms with E-state index in [1.807, 2.05) is 19.1 Å². The molecule has 1 aliphatic rings. The molecule has 7 heteroatoms. The average Bonchev–Trinajstić information content (AvgIpc) is 2.69. The van der Waals surface area contributed by atoms with Crippen molar-refractivity contribution < 1.29 is 13.2 Å². The Hall–Kier alpha value is -1.63. The number of carbonyl (C=O) groups is 1. The summed E-state index contributed by atoms with van der Waals surface area (Å²) in [4.78, 5) is 15.9. The van der Waals surface area contributed by atoms with Crippen LogP contribution in [0.4, 0.5) is 4.79 Å². The number of rotatable bonds is 3. The molecule has 1 saturated heterocycles. The summed E-state index contributed by atoms with van der Waals surface area (Å²) < 4.78 is 22.6. The van der Waals surface area contributed by atoms with Crippen molar-refractivity contribution in [3.8, 4) is 0 Å². The molecule has 104 valence electrons. The van der Waals surface area contributed by atoms with Crippen LogP contribution in [-0.2, 0) is 9.84 Å². The Morgan fingerprint density at radius 2 is 2.26 bits per heavy atom. The second-order valence-corrected chi connectivity index (χ2v) is 6.92. The van der Waals surface area contributed by atoms with E-state index in [0.29, 0.717) is 6.42 Å². The Morgan fingerprint density at radius 1 is 1.47 bits per heavy atom. The zero-order valence-corrected chi connectivity index (χ0v) is 11.5. The largest absolute Gasteiger partial charge is 0.334 e. The first-order chi connectivity index (χ1) is 8.96. The molecule has 2 atom stereocenters. The minimum Gasteiger partial charge on any atom is -0.334 e. The molecule has 2 amide bonds. The molecule has 1 aromatic heterocycles. The summed E-state index contributed by atoms with van der Waals surface area (Å²) in [5.41, 5.74) is 0.761. The Morgan fingerprint density at radius 3 is 2.84 bits per heavy atom. The van der Waals surface area contributed by atoms with Gasteiger partial charge in [0.25, 0.3) is 0 Å². The standard InChI is InChI=1S/C12H17N3O3S/c1-9(11-4-2-3-6-13-11)14-12(16)15-10-5-7-19(17,18)8-10/h2-4,6,9-10H,5,7-8H2,1H3,(H2,14,15,16)/t9-,10-/m1/s1. The maximum atomic E-state index is 11.7. The van der Waals surface area contributed by atoms with Gasteiger partial charge in [0.05, 0.1) is 23.2 Å². The number of aromatic nitrogens is 1. The van der Waals surface area contributed by atoms with Crippen molar-refractivity contribution in [2.24, 2.45) is 0 Å².